The van der Waals surface area contributed by atoms with Gasteiger partial charge in [0.1, 0.15) is 0 Å². The standard InChI is InChI=1S/C19H18N2O2S/c22-24(23,19-11-10-15-6-1-2-9-18(15)20-19)17-8-5-7-16(14-17)21-12-3-4-13-21/h1-2,5-11,14H,3-4,12-13H2. The van der Waals surface area contributed by atoms with Gasteiger partial charge in [-0.1, -0.05) is 24.3 Å². The fraction of sp³-hybridized carbons (Fsp3) is 0.211. The van der Waals surface area contributed by atoms with Crippen molar-refractivity contribution < 1.29 is 8.42 Å². The number of nitrogens with zero attached hydrogens (tertiary/aromatic N) is 2. The molecule has 1 fully saturated rings. The lowest BCUT2D eigenvalue weighted by Crippen LogP contribution is -2.18. The Hall–Kier alpha value is -2.40. The largest absolute Gasteiger partial charge is 0.372 e. The molecule has 0 amide bonds. The molecule has 0 radical (unpaired) electrons. The Labute approximate surface area is 141 Å². The minimum Gasteiger partial charge on any atom is -0.372 e. The summed E-state index contributed by atoms with van der Waals surface area (Å²) < 4.78 is 25.9. The zero-order chi connectivity index (χ0) is 16.6. The van der Waals surface area contributed by atoms with Crippen LogP contribution in [0.2, 0.25) is 0 Å². The van der Waals surface area contributed by atoms with Crippen molar-refractivity contribution in [2.24, 2.45) is 0 Å². The number of fused-ring (bicyclic) bond motifs is 1. The van der Waals surface area contributed by atoms with Crippen molar-refractivity contribution in [2.45, 2.75) is 22.8 Å². The van der Waals surface area contributed by atoms with Crippen molar-refractivity contribution in [3.63, 3.8) is 0 Å². The van der Waals surface area contributed by atoms with Crippen LogP contribution in [-0.4, -0.2) is 26.5 Å². The fourth-order valence-electron chi connectivity index (χ4n) is 3.14. The molecule has 1 saturated heterocycles. The van der Waals surface area contributed by atoms with Gasteiger partial charge in [0.05, 0.1) is 10.4 Å². The Kier molecular flexibility index (Phi) is 3.73. The van der Waals surface area contributed by atoms with Gasteiger partial charge in [0.15, 0.2) is 5.03 Å². The van der Waals surface area contributed by atoms with Crippen molar-refractivity contribution in [3.05, 3.63) is 60.7 Å². The Morgan fingerprint density at radius 1 is 0.875 bits per heavy atom. The van der Waals surface area contributed by atoms with Crippen LogP contribution in [-0.2, 0) is 9.84 Å². The maximum Gasteiger partial charge on any atom is 0.223 e. The van der Waals surface area contributed by atoms with E-state index in [-0.39, 0.29) is 5.03 Å². The summed E-state index contributed by atoms with van der Waals surface area (Å²) in [6.45, 7) is 1.97. The van der Waals surface area contributed by atoms with Gasteiger partial charge in [0.25, 0.3) is 0 Å². The first-order chi connectivity index (χ1) is 11.6. The molecule has 0 spiro atoms. The summed E-state index contributed by atoms with van der Waals surface area (Å²) >= 11 is 0. The molecule has 0 atom stereocenters. The first-order valence-electron chi connectivity index (χ1n) is 8.10. The van der Waals surface area contributed by atoms with E-state index >= 15 is 0 Å². The maximum absolute atomic E-state index is 13.0. The van der Waals surface area contributed by atoms with E-state index in [9.17, 15) is 8.42 Å². The van der Waals surface area contributed by atoms with E-state index in [2.05, 4.69) is 9.88 Å². The average molecular weight is 338 g/mol. The lowest BCUT2D eigenvalue weighted by molar-refractivity contribution is 0.593. The third kappa shape index (κ3) is 2.65. The molecule has 1 aliphatic rings. The minimum absolute atomic E-state index is 0.0970. The zero-order valence-electron chi connectivity index (χ0n) is 13.2. The van der Waals surface area contributed by atoms with Crippen molar-refractivity contribution in [3.8, 4) is 0 Å². The van der Waals surface area contributed by atoms with Crippen LogP contribution in [0.25, 0.3) is 10.9 Å². The van der Waals surface area contributed by atoms with Gasteiger partial charge in [-0.2, -0.15) is 0 Å². The number of pyridine rings is 1. The van der Waals surface area contributed by atoms with E-state index < -0.39 is 9.84 Å². The second-order valence-electron chi connectivity index (χ2n) is 6.04. The van der Waals surface area contributed by atoms with E-state index in [1.165, 1.54) is 0 Å². The molecular weight excluding hydrogens is 320 g/mol. The summed E-state index contributed by atoms with van der Waals surface area (Å²) in [6, 6.07) is 18.1. The van der Waals surface area contributed by atoms with Gasteiger partial charge in [0.2, 0.25) is 9.84 Å². The topological polar surface area (TPSA) is 50.3 Å². The van der Waals surface area contributed by atoms with Crippen LogP contribution in [0.5, 0.6) is 0 Å². The molecule has 2 aromatic carbocycles. The Balaban J connectivity index is 1.77. The van der Waals surface area contributed by atoms with E-state index in [1.54, 1.807) is 24.3 Å². The number of para-hydroxylation sites is 1. The summed E-state index contributed by atoms with van der Waals surface area (Å²) in [4.78, 5) is 6.88. The quantitative estimate of drug-likeness (QED) is 0.731. The number of rotatable bonds is 3. The van der Waals surface area contributed by atoms with Crippen molar-refractivity contribution in [1.82, 2.24) is 4.98 Å². The maximum atomic E-state index is 13.0. The second-order valence-corrected chi connectivity index (χ2v) is 7.93. The van der Waals surface area contributed by atoms with Gasteiger partial charge in [0, 0.05) is 24.2 Å². The first-order valence-corrected chi connectivity index (χ1v) is 9.59. The van der Waals surface area contributed by atoms with E-state index in [4.69, 9.17) is 0 Å². The third-order valence-corrected chi connectivity index (χ3v) is 6.10. The highest BCUT2D eigenvalue weighted by Gasteiger charge is 2.21. The molecule has 0 saturated carbocycles. The van der Waals surface area contributed by atoms with Crippen LogP contribution in [0.3, 0.4) is 0 Å². The molecule has 0 aliphatic carbocycles. The predicted molar refractivity (Wildman–Crippen MR) is 95.1 cm³/mol. The van der Waals surface area contributed by atoms with Crippen molar-refractivity contribution in [1.29, 1.82) is 0 Å². The Bertz CT molecular complexity index is 993. The molecule has 4 rings (SSSR count). The highest BCUT2D eigenvalue weighted by molar-refractivity contribution is 7.91. The van der Waals surface area contributed by atoms with Crippen LogP contribution in [0.15, 0.2) is 70.6 Å². The summed E-state index contributed by atoms with van der Waals surface area (Å²) in [5.41, 5.74) is 1.66. The second kappa shape index (κ2) is 5.91. The summed E-state index contributed by atoms with van der Waals surface area (Å²) in [5.74, 6) is 0. The minimum atomic E-state index is -3.62. The van der Waals surface area contributed by atoms with Crippen LogP contribution in [0, 0.1) is 0 Å². The zero-order valence-corrected chi connectivity index (χ0v) is 14.0. The number of anilines is 1. The van der Waals surface area contributed by atoms with Crippen LogP contribution < -0.4 is 4.90 Å². The third-order valence-electron chi connectivity index (χ3n) is 4.45. The normalized spacial score (nSPS) is 15.1. The van der Waals surface area contributed by atoms with E-state index in [1.807, 2.05) is 36.4 Å². The highest BCUT2D eigenvalue weighted by atomic mass is 32.2. The number of benzene rings is 2. The number of hydrogen-bond acceptors (Lipinski definition) is 4. The smallest absolute Gasteiger partial charge is 0.223 e. The number of hydrogen-bond donors (Lipinski definition) is 0. The van der Waals surface area contributed by atoms with Gasteiger partial charge in [-0.25, -0.2) is 13.4 Å². The van der Waals surface area contributed by atoms with Crippen molar-refractivity contribution in [2.75, 3.05) is 18.0 Å². The SMILES string of the molecule is O=S(=O)(c1cccc(N2CCCC2)c1)c1ccc2ccccc2n1. The monoisotopic (exact) mass is 338 g/mol. The Morgan fingerprint density at radius 2 is 1.67 bits per heavy atom. The lowest BCUT2D eigenvalue weighted by Gasteiger charge is -2.18. The van der Waals surface area contributed by atoms with E-state index in [0.29, 0.717) is 10.4 Å². The molecule has 122 valence electrons. The number of sulfone groups is 1. The first kappa shape index (κ1) is 15.1. The predicted octanol–water partition coefficient (Wildman–Crippen LogP) is 3.67. The van der Waals surface area contributed by atoms with Gasteiger partial charge >= 0.3 is 0 Å². The van der Waals surface area contributed by atoms with Gasteiger partial charge in [-0.15, -0.1) is 0 Å². The molecule has 1 aromatic heterocycles. The molecular formula is C19H18N2O2S. The average Bonchev–Trinajstić information content (AvgIpc) is 3.16. The van der Waals surface area contributed by atoms with Gasteiger partial charge < -0.3 is 4.90 Å². The lowest BCUT2D eigenvalue weighted by atomic mass is 10.2. The van der Waals surface area contributed by atoms with Crippen molar-refractivity contribution >= 4 is 26.4 Å². The molecule has 1 aliphatic heterocycles. The molecule has 3 aromatic rings. The summed E-state index contributed by atoms with van der Waals surface area (Å²) in [6.07, 6.45) is 2.31. The van der Waals surface area contributed by atoms with Crippen LogP contribution in [0.4, 0.5) is 5.69 Å². The molecule has 5 heteroatoms. The molecule has 24 heavy (non-hydrogen) atoms. The highest BCUT2D eigenvalue weighted by Crippen LogP contribution is 2.27. The summed E-state index contributed by atoms with van der Waals surface area (Å²) in [7, 11) is -3.62. The van der Waals surface area contributed by atoms with E-state index in [0.717, 1.165) is 37.0 Å². The molecule has 4 nitrogen and oxygen atoms in total. The summed E-state index contributed by atoms with van der Waals surface area (Å²) in [5, 5.41) is 1.03. The molecule has 0 unspecified atom stereocenters. The van der Waals surface area contributed by atoms with Crippen LogP contribution >= 0.6 is 0 Å². The molecule has 0 N–H and O–H groups in total. The van der Waals surface area contributed by atoms with Gasteiger partial charge in [-0.05, 0) is 49.2 Å². The number of aromatic nitrogens is 1. The van der Waals surface area contributed by atoms with Crippen LogP contribution in [0.1, 0.15) is 12.8 Å². The molecule has 2 heterocycles. The molecule has 0 bridgehead atoms. The Morgan fingerprint density at radius 3 is 2.50 bits per heavy atom. The van der Waals surface area contributed by atoms with Gasteiger partial charge in [-0.3, -0.25) is 0 Å². The fourth-order valence-corrected chi connectivity index (χ4v) is 4.38.